The third-order valence-corrected chi connectivity index (χ3v) is 4.35. The van der Waals surface area contributed by atoms with Gasteiger partial charge in [0.05, 0.1) is 18.6 Å². The molecule has 2 aromatic heterocycles. The van der Waals surface area contributed by atoms with E-state index in [0.29, 0.717) is 19.0 Å². The van der Waals surface area contributed by atoms with Crippen molar-refractivity contribution in [3.8, 4) is 5.88 Å². The summed E-state index contributed by atoms with van der Waals surface area (Å²) in [7, 11) is 1.63. The Kier molecular flexibility index (Phi) is 3.72. The summed E-state index contributed by atoms with van der Waals surface area (Å²) in [4.78, 5) is 30.5. The minimum Gasteiger partial charge on any atom is -0.471 e. The van der Waals surface area contributed by atoms with E-state index in [1.807, 2.05) is 36.4 Å². The minimum absolute atomic E-state index is 0.106. The van der Waals surface area contributed by atoms with Gasteiger partial charge in [-0.05, 0) is 24.3 Å². The van der Waals surface area contributed by atoms with Gasteiger partial charge in [0.2, 0.25) is 5.88 Å². The van der Waals surface area contributed by atoms with Gasteiger partial charge in [-0.15, -0.1) is 0 Å². The van der Waals surface area contributed by atoms with E-state index in [0.717, 1.165) is 10.9 Å². The third kappa shape index (κ3) is 2.87. The van der Waals surface area contributed by atoms with Crippen molar-refractivity contribution in [3.63, 3.8) is 0 Å². The van der Waals surface area contributed by atoms with Crippen LogP contribution < -0.4 is 10.3 Å². The van der Waals surface area contributed by atoms with Crippen LogP contribution in [0.5, 0.6) is 5.88 Å². The molecular formula is C19H17N3O3. The molecule has 0 unspecified atom stereocenters. The van der Waals surface area contributed by atoms with Gasteiger partial charge in [0.15, 0.2) is 0 Å². The van der Waals surface area contributed by atoms with E-state index >= 15 is 0 Å². The Morgan fingerprint density at radius 2 is 1.92 bits per heavy atom. The number of amides is 1. The average molecular weight is 335 g/mol. The first kappa shape index (κ1) is 15.4. The summed E-state index contributed by atoms with van der Waals surface area (Å²) in [6.45, 7) is 0.900. The van der Waals surface area contributed by atoms with E-state index in [1.54, 1.807) is 30.3 Å². The van der Waals surface area contributed by atoms with E-state index < -0.39 is 0 Å². The van der Waals surface area contributed by atoms with Gasteiger partial charge in [-0.25, -0.2) is 4.98 Å². The number of pyridine rings is 2. The average Bonchev–Trinajstić information content (AvgIpc) is 2.59. The van der Waals surface area contributed by atoms with Crippen LogP contribution in [0.2, 0.25) is 0 Å². The molecule has 6 heteroatoms. The molecule has 1 saturated heterocycles. The van der Waals surface area contributed by atoms with Gasteiger partial charge >= 0.3 is 0 Å². The number of hydrogen-bond acceptors (Lipinski definition) is 4. The lowest BCUT2D eigenvalue weighted by atomic mass is 10.1. The zero-order chi connectivity index (χ0) is 17.4. The maximum Gasteiger partial charge on any atom is 0.263 e. The number of carbonyl (C=O) groups is 1. The number of carbonyl (C=O) groups excluding carboxylic acids is 1. The zero-order valence-electron chi connectivity index (χ0n) is 13.8. The summed E-state index contributed by atoms with van der Waals surface area (Å²) in [5.41, 5.74) is 0.778. The second kappa shape index (κ2) is 6.05. The van der Waals surface area contributed by atoms with Crippen molar-refractivity contribution in [2.45, 2.75) is 6.10 Å². The number of aromatic nitrogens is 2. The molecular weight excluding hydrogens is 318 g/mol. The van der Waals surface area contributed by atoms with Crippen molar-refractivity contribution in [3.05, 3.63) is 70.6 Å². The Bertz CT molecular complexity index is 1010. The highest BCUT2D eigenvalue weighted by molar-refractivity contribution is 5.94. The molecule has 0 atom stereocenters. The molecule has 0 saturated carbocycles. The maximum atomic E-state index is 12.4. The van der Waals surface area contributed by atoms with Gasteiger partial charge < -0.3 is 14.2 Å². The van der Waals surface area contributed by atoms with Crippen LogP contribution in [0.4, 0.5) is 0 Å². The molecule has 4 rings (SSSR count). The first-order chi connectivity index (χ1) is 12.1. The fourth-order valence-electron chi connectivity index (χ4n) is 2.89. The first-order valence-electron chi connectivity index (χ1n) is 8.09. The van der Waals surface area contributed by atoms with Crippen LogP contribution in [0.1, 0.15) is 10.4 Å². The number of ether oxygens (including phenoxy) is 1. The number of nitrogens with zero attached hydrogens (tertiary/aromatic N) is 3. The number of fused-ring (bicyclic) bond motifs is 1. The van der Waals surface area contributed by atoms with E-state index in [-0.39, 0.29) is 23.1 Å². The maximum absolute atomic E-state index is 12.4. The lowest BCUT2D eigenvalue weighted by molar-refractivity contribution is 0.0159. The quantitative estimate of drug-likeness (QED) is 0.733. The summed E-state index contributed by atoms with van der Waals surface area (Å²) in [6.07, 6.45) is 1.53. The summed E-state index contributed by atoms with van der Waals surface area (Å²) < 4.78 is 7.24. The summed E-state index contributed by atoms with van der Waals surface area (Å²) in [5, 5.41) is 1.06. The first-order valence-corrected chi connectivity index (χ1v) is 8.09. The highest BCUT2D eigenvalue weighted by Crippen LogP contribution is 2.20. The number of benzene rings is 1. The van der Waals surface area contributed by atoms with Crippen LogP contribution in [0.3, 0.4) is 0 Å². The van der Waals surface area contributed by atoms with Crippen molar-refractivity contribution >= 4 is 16.8 Å². The van der Waals surface area contributed by atoms with E-state index in [2.05, 4.69) is 4.98 Å². The van der Waals surface area contributed by atoms with Crippen molar-refractivity contribution < 1.29 is 9.53 Å². The van der Waals surface area contributed by atoms with E-state index in [4.69, 9.17) is 4.74 Å². The number of likely N-dealkylation sites (tertiary alicyclic amines) is 1. The van der Waals surface area contributed by atoms with Gasteiger partial charge in [-0.1, -0.05) is 18.2 Å². The molecule has 3 aromatic rings. The van der Waals surface area contributed by atoms with Gasteiger partial charge in [-0.2, -0.15) is 0 Å². The monoisotopic (exact) mass is 335 g/mol. The smallest absolute Gasteiger partial charge is 0.263 e. The highest BCUT2D eigenvalue weighted by Gasteiger charge is 2.34. The van der Waals surface area contributed by atoms with Gasteiger partial charge in [0.1, 0.15) is 11.7 Å². The van der Waals surface area contributed by atoms with Crippen molar-refractivity contribution in [1.29, 1.82) is 0 Å². The second-order valence-electron chi connectivity index (χ2n) is 6.13. The number of rotatable bonds is 3. The molecule has 1 aromatic carbocycles. The van der Waals surface area contributed by atoms with Crippen LogP contribution >= 0.6 is 0 Å². The Morgan fingerprint density at radius 1 is 1.12 bits per heavy atom. The molecule has 0 radical (unpaired) electrons. The SMILES string of the molecule is Cn1cccc(C(=O)N2CC(Oc3ccc4ccccc4n3)C2)c1=O. The Balaban J connectivity index is 1.42. The van der Waals surface area contributed by atoms with Gasteiger partial charge in [-0.3, -0.25) is 9.59 Å². The lowest BCUT2D eigenvalue weighted by Crippen LogP contribution is -2.57. The molecule has 6 nitrogen and oxygen atoms in total. The molecule has 126 valence electrons. The molecule has 1 fully saturated rings. The molecule has 0 N–H and O–H groups in total. The fraction of sp³-hybridized carbons (Fsp3) is 0.211. The van der Waals surface area contributed by atoms with Crippen LogP contribution in [0.25, 0.3) is 10.9 Å². The minimum atomic E-state index is -0.284. The standard InChI is InChI=1S/C19H17N3O3/c1-21-10-4-6-15(18(21)23)19(24)22-11-14(12-22)25-17-9-8-13-5-2-3-7-16(13)20-17/h2-10,14H,11-12H2,1H3. The zero-order valence-corrected chi connectivity index (χ0v) is 13.8. The fourth-order valence-corrected chi connectivity index (χ4v) is 2.89. The van der Waals surface area contributed by atoms with E-state index in [1.165, 1.54) is 4.57 Å². The molecule has 1 amide bonds. The predicted molar refractivity (Wildman–Crippen MR) is 93.7 cm³/mol. The largest absolute Gasteiger partial charge is 0.471 e. The van der Waals surface area contributed by atoms with Gasteiger partial charge in [0, 0.05) is 24.7 Å². The second-order valence-corrected chi connectivity index (χ2v) is 6.13. The predicted octanol–water partition coefficient (Wildman–Crippen LogP) is 1.84. The van der Waals surface area contributed by atoms with Crippen LogP contribution in [-0.2, 0) is 7.05 Å². The normalized spacial score (nSPS) is 14.4. The van der Waals surface area contributed by atoms with Crippen LogP contribution in [-0.4, -0.2) is 39.6 Å². The summed E-state index contributed by atoms with van der Waals surface area (Å²) in [5.74, 6) is 0.291. The Hall–Kier alpha value is -3.15. The van der Waals surface area contributed by atoms with Crippen LogP contribution in [0.15, 0.2) is 59.5 Å². The topological polar surface area (TPSA) is 64.4 Å². The molecule has 1 aliphatic rings. The molecule has 3 heterocycles. The Labute approximate surface area is 144 Å². The number of para-hydroxylation sites is 1. The molecule has 0 bridgehead atoms. The number of hydrogen-bond donors (Lipinski definition) is 0. The van der Waals surface area contributed by atoms with Crippen molar-refractivity contribution in [1.82, 2.24) is 14.5 Å². The third-order valence-electron chi connectivity index (χ3n) is 4.35. The van der Waals surface area contributed by atoms with Crippen molar-refractivity contribution in [2.24, 2.45) is 7.05 Å². The molecule has 0 spiro atoms. The summed E-state index contributed by atoms with van der Waals surface area (Å²) >= 11 is 0. The lowest BCUT2D eigenvalue weighted by Gasteiger charge is -2.38. The molecule has 25 heavy (non-hydrogen) atoms. The van der Waals surface area contributed by atoms with Crippen LogP contribution in [0, 0.1) is 0 Å². The van der Waals surface area contributed by atoms with Crippen molar-refractivity contribution in [2.75, 3.05) is 13.1 Å². The molecule has 0 aliphatic carbocycles. The Morgan fingerprint density at radius 3 is 2.76 bits per heavy atom. The summed E-state index contributed by atoms with van der Waals surface area (Å²) in [6, 6.07) is 14.9. The highest BCUT2D eigenvalue weighted by atomic mass is 16.5. The van der Waals surface area contributed by atoms with E-state index in [9.17, 15) is 9.59 Å². The number of aryl methyl sites for hydroxylation is 1. The van der Waals surface area contributed by atoms with Gasteiger partial charge in [0.25, 0.3) is 11.5 Å². The molecule has 1 aliphatic heterocycles.